The molecule has 0 amide bonds. The highest BCUT2D eigenvalue weighted by Gasteiger charge is 2.24. The molecule has 1 fully saturated rings. The molecule has 1 aliphatic heterocycles. The number of hydrogen-bond acceptors (Lipinski definition) is 7. The predicted octanol–water partition coefficient (Wildman–Crippen LogP) is 0.267. The van der Waals surface area contributed by atoms with E-state index in [4.69, 9.17) is 4.74 Å². The number of nitrogens with one attached hydrogen (secondary N) is 1. The Morgan fingerprint density at radius 3 is 2.86 bits per heavy atom. The average Bonchev–Trinajstić information content (AvgIpc) is 3.04. The Morgan fingerprint density at radius 2 is 2.14 bits per heavy atom. The van der Waals surface area contributed by atoms with Crippen LogP contribution in [0.4, 0.5) is 0 Å². The van der Waals surface area contributed by atoms with Gasteiger partial charge in [0.05, 0.1) is 31.6 Å². The van der Waals surface area contributed by atoms with Crippen LogP contribution in [0.3, 0.4) is 0 Å². The predicted molar refractivity (Wildman–Crippen MR) is 81.3 cm³/mol. The Labute approximate surface area is 132 Å². The van der Waals surface area contributed by atoms with Crippen LogP contribution in [-0.4, -0.2) is 54.0 Å². The number of hydrogen-bond donors (Lipinski definition) is 1. The third-order valence-electron chi connectivity index (χ3n) is 3.08. The standard InChI is InChI=1S/C12H15N5O3S2/c18-22(19,17-3-5-20-6-4-17)15-7-10-9-21-12(16-10)11-8-13-1-2-14-11/h1-2,8-9,15H,3-7H2. The molecule has 0 atom stereocenters. The molecule has 3 heterocycles. The third-order valence-corrected chi connectivity index (χ3v) is 5.55. The lowest BCUT2D eigenvalue weighted by atomic mass is 10.4. The van der Waals surface area contributed by atoms with Crippen molar-refractivity contribution in [3.63, 3.8) is 0 Å². The molecule has 22 heavy (non-hydrogen) atoms. The summed E-state index contributed by atoms with van der Waals surface area (Å²) in [4.78, 5) is 12.5. The first kappa shape index (κ1) is 15.4. The van der Waals surface area contributed by atoms with E-state index in [1.807, 2.05) is 5.38 Å². The molecule has 118 valence electrons. The van der Waals surface area contributed by atoms with Crippen molar-refractivity contribution in [1.82, 2.24) is 24.0 Å². The molecule has 0 radical (unpaired) electrons. The Morgan fingerprint density at radius 1 is 1.32 bits per heavy atom. The summed E-state index contributed by atoms with van der Waals surface area (Å²) in [6.07, 6.45) is 4.81. The first-order valence-electron chi connectivity index (χ1n) is 6.68. The van der Waals surface area contributed by atoms with Gasteiger partial charge in [-0.2, -0.15) is 17.4 Å². The number of morpholine rings is 1. The van der Waals surface area contributed by atoms with Crippen molar-refractivity contribution in [1.29, 1.82) is 0 Å². The van der Waals surface area contributed by atoms with E-state index >= 15 is 0 Å². The van der Waals surface area contributed by atoms with Gasteiger partial charge in [0, 0.05) is 30.9 Å². The first-order chi connectivity index (χ1) is 10.6. The van der Waals surface area contributed by atoms with E-state index < -0.39 is 10.2 Å². The lowest BCUT2D eigenvalue weighted by molar-refractivity contribution is 0.0724. The summed E-state index contributed by atoms with van der Waals surface area (Å²) >= 11 is 1.41. The largest absolute Gasteiger partial charge is 0.379 e. The molecule has 10 heteroatoms. The number of thiazole rings is 1. The topological polar surface area (TPSA) is 97.3 Å². The van der Waals surface area contributed by atoms with Crippen LogP contribution in [0.1, 0.15) is 5.69 Å². The van der Waals surface area contributed by atoms with Crippen LogP contribution >= 0.6 is 11.3 Å². The van der Waals surface area contributed by atoms with Crippen molar-refractivity contribution in [3.05, 3.63) is 29.7 Å². The second kappa shape index (κ2) is 6.75. The molecule has 2 aromatic heterocycles. The molecule has 0 spiro atoms. The lowest BCUT2D eigenvalue weighted by Crippen LogP contribution is -2.46. The highest BCUT2D eigenvalue weighted by atomic mass is 32.2. The van der Waals surface area contributed by atoms with Crippen molar-refractivity contribution < 1.29 is 13.2 Å². The molecule has 0 bridgehead atoms. The molecule has 2 aromatic rings. The Balaban J connectivity index is 1.63. The SMILES string of the molecule is O=S(=O)(NCc1csc(-c2cnccn2)n1)N1CCOCC1. The van der Waals surface area contributed by atoms with Crippen LogP contribution in [0.2, 0.25) is 0 Å². The maximum absolute atomic E-state index is 12.1. The van der Waals surface area contributed by atoms with Crippen molar-refractivity contribution in [2.45, 2.75) is 6.54 Å². The average molecular weight is 341 g/mol. The molecule has 1 N–H and O–H groups in total. The van der Waals surface area contributed by atoms with Crippen molar-refractivity contribution in [2.24, 2.45) is 0 Å². The molecule has 1 aliphatic rings. The number of aromatic nitrogens is 3. The first-order valence-corrected chi connectivity index (χ1v) is 9.00. The van der Waals surface area contributed by atoms with E-state index in [0.717, 1.165) is 0 Å². The van der Waals surface area contributed by atoms with Gasteiger partial charge in [-0.1, -0.05) is 0 Å². The van der Waals surface area contributed by atoms with Crippen molar-refractivity contribution in [3.8, 4) is 10.7 Å². The van der Waals surface area contributed by atoms with Crippen molar-refractivity contribution in [2.75, 3.05) is 26.3 Å². The molecule has 1 saturated heterocycles. The minimum atomic E-state index is -3.50. The van der Waals surface area contributed by atoms with Crippen LogP contribution in [0.5, 0.6) is 0 Å². The monoisotopic (exact) mass is 341 g/mol. The summed E-state index contributed by atoms with van der Waals surface area (Å²) in [6.45, 7) is 1.74. The van der Waals surface area contributed by atoms with Gasteiger partial charge >= 0.3 is 0 Å². The van der Waals surface area contributed by atoms with Gasteiger partial charge in [-0.25, -0.2) is 4.98 Å². The van der Waals surface area contributed by atoms with E-state index in [-0.39, 0.29) is 6.54 Å². The molecular weight excluding hydrogens is 326 g/mol. The zero-order valence-corrected chi connectivity index (χ0v) is 13.3. The third kappa shape index (κ3) is 3.65. The lowest BCUT2D eigenvalue weighted by Gasteiger charge is -2.25. The number of rotatable bonds is 5. The van der Waals surface area contributed by atoms with E-state index in [1.54, 1.807) is 18.6 Å². The quantitative estimate of drug-likeness (QED) is 0.838. The number of nitrogens with zero attached hydrogens (tertiary/aromatic N) is 4. The normalized spacial score (nSPS) is 16.7. The fraction of sp³-hybridized carbons (Fsp3) is 0.417. The Hall–Kier alpha value is -1.46. The molecule has 0 aliphatic carbocycles. The Kier molecular flexibility index (Phi) is 4.74. The molecule has 0 saturated carbocycles. The van der Waals surface area contributed by atoms with E-state index in [2.05, 4.69) is 19.7 Å². The van der Waals surface area contributed by atoms with Gasteiger partial charge in [0.25, 0.3) is 10.2 Å². The molecular formula is C12H15N5O3S2. The fourth-order valence-electron chi connectivity index (χ4n) is 1.96. The summed E-state index contributed by atoms with van der Waals surface area (Å²) in [6, 6.07) is 0. The van der Waals surface area contributed by atoms with Crippen molar-refractivity contribution >= 4 is 21.5 Å². The van der Waals surface area contributed by atoms with Crippen LogP contribution in [0.25, 0.3) is 10.7 Å². The summed E-state index contributed by atoms with van der Waals surface area (Å²) in [5.74, 6) is 0. The summed E-state index contributed by atoms with van der Waals surface area (Å²) in [5.41, 5.74) is 1.33. The minimum Gasteiger partial charge on any atom is -0.379 e. The maximum Gasteiger partial charge on any atom is 0.279 e. The van der Waals surface area contributed by atoms with Crippen LogP contribution in [0.15, 0.2) is 24.0 Å². The van der Waals surface area contributed by atoms with Gasteiger partial charge in [-0.05, 0) is 0 Å². The Bertz CT molecular complexity index is 713. The van der Waals surface area contributed by atoms with Gasteiger partial charge in [-0.15, -0.1) is 11.3 Å². The zero-order valence-electron chi connectivity index (χ0n) is 11.7. The van der Waals surface area contributed by atoms with Crippen LogP contribution in [-0.2, 0) is 21.5 Å². The van der Waals surface area contributed by atoms with Gasteiger partial charge in [-0.3, -0.25) is 9.97 Å². The van der Waals surface area contributed by atoms with E-state index in [0.29, 0.717) is 42.7 Å². The second-order valence-corrected chi connectivity index (χ2v) is 7.19. The van der Waals surface area contributed by atoms with E-state index in [1.165, 1.54) is 15.6 Å². The van der Waals surface area contributed by atoms with Gasteiger partial charge in [0.1, 0.15) is 10.7 Å². The van der Waals surface area contributed by atoms with Gasteiger partial charge in [0.2, 0.25) is 0 Å². The smallest absolute Gasteiger partial charge is 0.279 e. The van der Waals surface area contributed by atoms with Gasteiger partial charge < -0.3 is 4.74 Å². The molecule has 0 unspecified atom stereocenters. The van der Waals surface area contributed by atoms with Crippen LogP contribution in [0, 0.1) is 0 Å². The second-order valence-electron chi connectivity index (χ2n) is 4.57. The number of ether oxygens (including phenoxy) is 1. The van der Waals surface area contributed by atoms with Gasteiger partial charge in [0.15, 0.2) is 0 Å². The summed E-state index contributed by atoms with van der Waals surface area (Å²) in [7, 11) is -3.50. The fourth-order valence-corrected chi connectivity index (χ4v) is 3.88. The molecule has 0 aromatic carbocycles. The molecule has 3 rings (SSSR count). The maximum atomic E-state index is 12.1. The highest BCUT2D eigenvalue weighted by Crippen LogP contribution is 2.20. The summed E-state index contributed by atoms with van der Waals surface area (Å²) < 4.78 is 33.4. The highest BCUT2D eigenvalue weighted by molar-refractivity contribution is 7.87. The molecule has 8 nitrogen and oxygen atoms in total. The zero-order chi connectivity index (χ0) is 15.4. The van der Waals surface area contributed by atoms with E-state index in [9.17, 15) is 8.42 Å². The van der Waals surface area contributed by atoms with Crippen LogP contribution < -0.4 is 4.72 Å². The summed E-state index contributed by atoms with van der Waals surface area (Å²) in [5, 5.41) is 2.53. The minimum absolute atomic E-state index is 0.149.